The molecule has 29 heavy (non-hydrogen) atoms. The zero-order valence-corrected chi connectivity index (χ0v) is 17.0. The second kappa shape index (κ2) is 10.0. The molecule has 0 unspecified atom stereocenters. The number of aryl methyl sites for hydroxylation is 1. The molecule has 0 aliphatic heterocycles. The summed E-state index contributed by atoms with van der Waals surface area (Å²) < 4.78 is 20.7. The molecule has 5 heteroatoms. The molecule has 0 saturated heterocycles. The monoisotopic (exact) mass is 394 g/mol. The van der Waals surface area contributed by atoms with Gasteiger partial charge in [-0.3, -0.25) is 4.79 Å². The van der Waals surface area contributed by atoms with Crippen molar-refractivity contribution in [3.63, 3.8) is 0 Å². The Kier molecular flexibility index (Phi) is 7.19. The van der Waals surface area contributed by atoms with E-state index in [1.165, 1.54) is 12.1 Å². The maximum Gasteiger partial charge on any atom is 0.254 e. The number of carbonyl (C=O) groups excluding carboxylic acids is 1. The van der Waals surface area contributed by atoms with Crippen LogP contribution in [0.25, 0.3) is 0 Å². The third-order valence-corrected chi connectivity index (χ3v) is 4.88. The number of nitrogens with zero attached hydrogens (tertiary/aromatic N) is 2. The summed E-state index contributed by atoms with van der Waals surface area (Å²) in [7, 11) is 1.66. The molecule has 0 radical (unpaired) electrons. The van der Waals surface area contributed by atoms with Gasteiger partial charge in [-0.15, -0.1) is 0 Å². The molecule has 1 aromatic heterocycles. The van der Waals surface area contributed by atoms with Crippen LogP contribution < -0.4 is 0 Å². The summed E-state index contributed by atoms with van der Waals surface area (Å²) in [5.74, 6) is -0.244. The summed E-state index contributed by atoms with van der Waals surface area (Å²) in [6.07, 6.45) is 2.72. The Balaban J connectivity index is 1.78. The van der Waals surface area contributed by atoms with Gasteiger partial charge in [0.25, 0.3) is 5.91 Å². The molecule has 0 saturated carbocycles. The Labute approximate surface area is 171 Å². The topological polar surface area (TPSA) is 34.5 Å². The first-order chi connectivity index (χ1) is 14.1. The van der Waals surface area contributed by atoms with Gasteiger partial charge in [0, 0.05) is 44.3 Å². The maximum absolute atomic E-state index is 13.5. The van der Waals surface area contributed by atoms with Gasteiger partial charge in [-0.1, -0.05) is 29.8 Å². The van der Waals surface area contributed by atoms with E-state index in [4.69, 9.17) is 4.74 Å². The SMILES string of the molecule is COCCCN(Cc1cccn1Cc1cccc(F)c1)C(=O)c1ccc(C)cc1. The highest BCUT2D eigenvalue weighted by atomic mass is 19.1. The molecular formula is C24H27FN2O2. The lowest BCUT2D eigenvalue weighted by atomic mass is 10.1. The number of carbonyl (C=O) groups is 1. The maximum atomic E-state index is 13.5. The van der Waals surface area contributed by atoms with Crippen molar-refractivity contribution in [3.8, 4) is 0 Å². The molecule has 0 fully saturated rings. The number of hydrogen-bond acceptors (Lipinski definition) is 2. The van der Waals surface area contributed by atoms with Crippen molar-refractivity contribution >= 4 is 5.91 Å². The highest BCUT2D eigenvalue weighted by Crippen LogP contribution is 2.15. The molecular weight excluding hydrogens is 367 g/mol. The number of rotatable bonds is 9. The standard InChI is InChI=1S/C24H27FN2O2/c1-19-9-11-21(12-10-19)24(28)27(14-5-15-29-2)18-23-8-4-13-26(23)17-20-6-3-7-22(25)16-20/h3-4,6-13,16H,5,14-15,17-18H2,1-2H3. The average Bonchev–Trinajstić information content (AvgIpc) is 3.14. The third kappa shape index (κ3) is 5.78. The smallest absolute Gasteiger partial charge is 0.254 e. The van der Waals surface area contributed by atoms with E-state index in [-0.39, 0.29) is 11.7 Å². The van der Waals surface area contributed by atoms with Gasteiger partial charge in [-0.2, -0.15) is 0 Å². The molecule has 3 rings (SSSR count). The van der Waals surface area contributed by atoms with Crippen molar-refractivity contribution in [1.82, 2.24) is 9.47 Å². The van der Waals surface area contributed by atoms with E-state index in [1.807, 2.05) is 60.5 Å². The quantitative estimate of drug-likeness (QED) is 0.495. The summed E-state index contributed by atoms with van der Waals surface area (Å²) in [6.45, 7) is 4.25. The molecule has 1 amide bonds. The first kappa shape index (κ1) is 20.8. The molecule has 0 atom stereocenters. The number of aromatic nitrogens is 1. The zero-order valence-electron chi connectivity index (χ0n) is 17.0. The minimum Gasteiger partial charge on any atom is -0.385 e. The van der Waals surface area contributed by atoms with Crippen molar-refractivity contribution in [2.24, 2.45) is 0 Å². The van der Waals surface area contributed by atoms with Gasteiger partial charge in [-0.05, 0) is 55.3 Å². The van der Waals surface area contributed by atoms with E-state index >= 15 is 0 Å². The summed E-state index contributed by atoms with van der Waals surface area (Å²) in [5, 5.41) is 0. The van der Waals surface area contributed by atoms with Crippen molar-refractivity contribution in [1.29, 1.82) is 0 Å². The second-order valence-electron chi connectivity index (χ2n) is 7.20. The Morgan fingerprint density at radius 3 is 2.62 bits per heavy atom. The zero-order chi connectivity index (χ0) is 20.6. The molecule has 152 valence electrons. The minimum absolute atomic E-state index is 0.000362. The molecule has 0 aliphatic rings. The first-order valence-corrected chi connectivity index (χ1v) is 9.80. The lowest BCUT2D eigenvalue weighted by molar-refractivity contribution is 0.0720. The van der Waals surface area contributed by atoms with Gasteiger partial charge in [0.15, 0.2) is 0 Å². The Morgan fingerprint density at radius 2 is 1.90 bits per heavy atom. The van der Waals surface area contributed by atoms with Crippen LogP contribution in [0.5, 0.6) is 0 Å². The van der Waals surface area contributed by atoms with Crippen LogP contribution in [0.4, 0.5) is 4.39 Å². The van der Waals surface area contributed by atoms with Gasteiger partial charge in [-0.25, -0.2) is 4.39 Å². The van der Waals surface area contributed by atoms with Crippen LogP contribution in [-0.2, 0) is 17.8 Å². The van der Waals surface area contributed by atoms with Crippen LogP contribution in [0.2, 0.25) is 0 Å². The van der Waals surface area contributed by atoms with Crippen molar-refractivity contribution in [2.45, 2.75) is 26.4 Å². The van der Waals surface area contributed by atoms with Gasteiger partial charge in [0.2, 0.25) is 0 Å². The van der Waals surface area contributed by atoms with Crippen LogP contribution in [0.1, 0.15) is 33.6 Å². The fraction of sp³-hybridized carbons (Fsp3) is 0.292. The van der Waals surface area contributed by atoms with Gasteiger partial charge in [0.05, 0.1) is 6.54 Å². The van der Waals surface area contributed by atoms with E-state index in [0.717, 1.165) is 23.2 Å². The van der Waals surface area contributed by atoms with Crippen molar-refractivity contribution < 1.29 is 13.9 Å². The Hall–Kier alpha value is -2.92. The second-order valence-corrected chi connectivity index (χ2v) is 7.20. The van der Waals surface area contributed by atoms with E-state index in [9.17, 15) is 9.18 Å². The highest BCUT2D eigenvalue weighted by Gasteiger charge is 2.17. The van der Waals surface area contributed by atoms with E-state index in [0.29, 0.717) is 31.8 Å². The molecule has 2 aromatic carbocycles. The van der Waals surface area contributed by atoms with Gasteiger partial charge in [0.1, 0.15) is 5.82 Å². The van der Waals surface area contributed by atoms with E-state index in [2.05, 4.69) is 4.57 Å². The number of methoxy groups -OCH3 is 1. The van der Waals surface area contributed by atoms with E-state index in [1.54, 1.807) is 13.2 Å². The predicted octanol–water partition coefficient (Wildman–Crippen LogP) is 4.66. The van der Waals surface area contributed by atoms with Gasteiger partial charge >= 0.3 is 0 Å². The summed E-state index contributed by atoms with van der Waals surface area (Å²) in [4.78, 5) is 15.0. The van der Waals surface area contributed by atoms with E-state index < -0.39 is 0 Å². The number of ether oxygens (including phenoxy) is 1. The van der Waals surface area contributed by atoms with Crippen LogP contribution in [-0.4, -0.2) is 35.6 Å². The molecule has 3 aromatic rings. The number of hydrogen-bond donors (Lipinski definition) is 0. The minimum atomic E-state index is -0.244. The van der Waals surface area contributed by atoms with Crippen LogP contribution in [0, 0.1) is 12.7 Å². The Bertz CT molecular complexity index is 934. The van der Waals surface area contributed by atoms with Crippen LogP contribution in [0.3, 0.4) is 0 Å². The van der Waals surface area contributed by atoms with Gasteiger partial charge < -0.3 is 14.2 Å². The summed E-state index contributed by atoms with van der Waals surface area (Å²) in [6, 6.07) is 18.2. The van der Waals surface area contributed by atoms with Crippen LogP contribution >= 0.6 is 0 Å². The number of halogens is 1. The van der Waals surface area contributed by atoms with Crippen molar-refractivity contribution in [3.05, 3.63) is 95.1 Å². The fourth-order valence-electron chi connectivity index (χ4n) is 3.31. The molecule has 0 bridgehead atoms. The third-order valence-electron chi connectivity index (χ3n) is 4.88. The largest absolute Gasteiger partial charge is 0.385 e. The normalized spacial score (nSPS) is 10.9. The lowest BCUT2D eigenvalue weighted by Gasteiger charge is -2.24. The van der Waals surface area contributed by atoms with Crippen LogP contribution in [0.15, 0.2) is 66.9 Å². The van der Waals surface area contributed by atoms with Crippen molar-refractivity contribution in [2.75, 3.05) is 20.3 Å². The highest BCUT2D eigenvalue weighted by molar-refractivity contribution is 5.94. The Morgan fingerprint density at radius 1 is 1.10 bits per heavy atom. The fourth-order valence-corrected chi connectivity index (χ4v) is 3.31. The number of benzene rings is 2. The molecule has 0 N–H and O–H groups in total. The summed E-state index contributed by atoms with van der Waals surface area (Å²) >= 11 is 0. The molecule has 0 spiro atoms. The molecule has 4 nitrogen and oxygen atoms in total. The predicted molar refractivity (Wildman–Crippen MR) is 112 cm³/mol. The average molecular weight is 394 g/mol. The molecule has 1 heterocycles. The summed E-state index contributed by atoms with van der Waals surface area (Å²) in [5.41, 5.74) is 3.69. The molecule has 0 aliphatic carbocycles. The number of amides is 1. The lowest BCUT2D eigenvalue weighted by Crippen LogP contribution is -2.33. The first-order valence-electron chi connectivity index (χ1n) is 9.80.